The van der Waals surface area contributed by atoms with Crippen molar-refractivity contribution in [3.05, 3.63) is 36.4 Å². The number of thioether (sulfide) groups is 1. The van der Waals surface area contributed by atoms with E-state index in [1.54, 1.807) is 36.0 Å². The van der Waals surface area contributed by atoms with E-state index in [9.17, 15) is 13.2 Å². The molecule has 3 rings (SSSR count). The van der Waals surface area contributed by atoms with Gasteiger partial charge in [0.15, 0.2) is 0 Å². The van der Waals surface area contributed by atoms with Crippen molar-refractivity contribution in [3.63, 3.8) is 0 Å². The summed E-state index contributed by atoms with van der Waals surface area (Å²) in [6, 6.07) is 9.72. The lowest BCUT2D eigenvalue weighted by Crippen LogP contribution is -2.16. The molecule has 0 aromatic heterocycles. The van der Waals surface area contributed by atoms with Crippen molar-refractivity contribution in [1.29, 1.82) is 0 Å². The van der Waals surface area contributed by atoms with Crippen molar-refractivity contribution >= 4 is 39.1 Å². The Kier molecular flexibility index (Phi) is 6.59. The molecule has 0 radical (unpaired) electrons. The number of rotatable bonds is 7. The first-order valence-electron chi connectivity index (χ1n) is 9.35. The normalized spacial score (nSPS) is 16.4. The highest BCUT2D eigenvalue weighted by Crippen LogP contribution is 2.37. The Morgan fingerprint density at radius 1 is 1.14 bits per heavy atom. The minimum Gasteiger partial charge on any atom is -0.494 e. The van der Waals surface area contributed by atoms with Gasteiger partial charge in [0.1, 0.15) is 11.5 Å². The summed E-state index contributed by atoms with van der Waals surface area (Å²) in [7, 11) is -3.91. The Hall–Kier alpha value is -2.39. The second-order valence-corrected chi connectivity index (χ2v) is 9.63. The number of hydrogen-bond acceptors (Lipinski definition) is 6. The van der Waals surface area contributed by atoms with Crippen LogP contribution in [0.2, 0.25) is 0 Å². The summed E-state index contributed by atoms with van der Waals surface area (Å²) in [4.78, 5) is 12.9. The SMILES string of the molecule is CCOc1ccc(OCC)c(NS(=O)(=O)c2ccc3c(c2)NC(=O)C[C@@H](C)S3)c1. The quantitative estimate of drug-likeness (QED) is 0.678. The molecule has 1 heterocycles. The lowest BCUT2D eigenvalue weighted by atomic mass is 10.3. The number of amides is 1. The first-order valence-corrected chi connectivity index (χ1v) is 11.7. The fourth-order valence-electron chi connectivity index (χ4n) is 2.93. The van der Waals surface area contributed by atoms with Crippen LogP contribution in [-0.4, -0.2) is 32.8 Å². The number of hydrogen-bond donors (Lipinski definition) is 2. The van der Waals surface area contributed by atoms with Gasteiger partial charge in [-0.3, -0.25) is 9.52 Å². The number of ether oxygens (including phenoxy) is 2. The molecule has 1 aliphatic heterocycles. The van der Waals surface area contributed by atoms with Gasteiger partial charge < -0.3 is 14.8 Å². The highest BCUT2D eigenvalue weighted by atomic mass is 32.2. The molecule has 0 spiro atoms. The standard InChI is InChI=1S/C20H24N2O5S2/c1-4-26-14-6-8-18(27-5-2)16(11-14)22-29(24,25)15-7-9-19-17(12-15)21-20(23)10-13(3)28-19/h6-9,11-13,22H,4-5,10H2,1-3H3,(H,21,23)/t13-/m1/s1. The van der Waals surface area contributed by atoms with E-state index in [1.165, 1.54) is 12.1 Å². The number of nitrogens with one attached hydrogen (secondary N) is 2. The van der Waals surface area contributed by atoms with Crippen LogP contribution >= 0.6 is 11.8 Å². The Bertz CT molecular complexity index is 1010. The van der Waals surface area contributed by atoms with Crippen LogP contribution in [0.1, 0.15) is 27.2 Å². The van der Waals surface area contributed by atoms with E-state index in [-0.39, 0.29) is 16.1 Å². The molecule has 0 fully saturated rings. The first-order chi connectivity index (χ1) is 13.8. The molecule has 1 aliphatic rings. The largest absolute Gasteiger partial charge is 0.494 e. The van der Waals surface area contributed by atoms with Crippen molar-refractivity contribution in [2.75, 3.05) is 23.3 Å². The Morgan fingerprint density at radius 2 is 1.90 bits per heavy atom. The number of sulfonamides is 1. The van der Waals surface area contributed by atoms with Gasteiger partial charge >= 0.3 is 0 Å². The molecule has 0 aliphatic carbocycles. The van der Waals surface area contributed by atoms with Gasteiger partial charge in [-0.25, -0.2) is 8.42 Å². The molecule has 1 amide bonds. The zero-order valence-corrected chi connectivity index (χ0v) is 18.2. The molecular formula is C20H24N2O5S2. The summed E-state index contributed by atoms with van der Waals surface area (Å²) < 4.78 is 39.6. The molecule has 7 nitrogen and oxygen atoms in total. The third kappa shape index (κ3) is 5.16. The molecule has 1 atom stereocenters. The average Bonchev–Trinajstić information content (AvgIpc) is 2.79. The van der Waals surface area contributed by atoms with Crippen LogP contribution in [0.3, 0.4) is 0 Å². The van der Waals surface area contributed by atoms with E-state index < -0.39 is 10.0 Å². The zero-order chi connectivity index (χ0) is 21.0. The van der Waals surface area contributed by atoms with Crippen LogP contribution in [0.4, 0.5) is 11.4 Å². The maximum Gasteiger partial charge on any atom is 0.262 e. The van der Waals surface area contributed by atoms with Gasteiger partial charge in [-0.15, -0.1) is 11.8 Å². The lowest BCUT2D eigenvalue weighted by Gasteiger charge is -2.15. The fourth-order valence-corrected chi connectivity index (χ4v) is 5.07. The molecule has 2 aromatic rings. The summed E-state index contributed by atoms with van der Waals surface area (Å²) in [6.45, 7) is 6.49. The van der Waals surface area contributed by atoms with Crippen molar-refractivity contribution < 1.29 is 22.7 Å². The highest BCUT2D eigenvalue weighted by Gasteiger charge is 2.23. The average molecular weight is 437 g/mol. The van der Waals surface area contributed by atoms with E-state index in [4.69, 9.17) is 9.47 Å². The van der Waals surface area contributed by atoms with Crippen LogP contribution in [-0.2, 0) is 14.8 Å². The first kappa shape index (κ1) is 21.3. The monoisotopic (exact) mass is 436 g/mol. The topological polar surface area (TPSA) is 93.7 Å². The van der Waals surface area contributed by atoms with E-state index in [1.807, 2.05) is 20.8 Å². The van der Waals surface area contributed by atoms with Crippen LogP contribution < -0.4 is 19.5 Å². The Labute approximate surface area is 175 Å². The molecule has 2 N–H and O–H groups in total. The van der Waals surface area contributed by atoms with Crippen molar-refractivity contribution in [3.8, 4) is 11.5 Å². The molecular weight excluding hydrogens is 412 g/mol. The smallest absolute Gasteiger partial charge is 0.262 e. The molecule has 0 saturated carbocycles. The van der Waals surface area contributed by atoms with Crippen molar-refractivity contribution in [1.82, 2.24) is 0 Å². The number of carbonyl (C=O) groups is 1. The number of fused-ring (bicyclic) bond motifs is 1. The molecule has 9 heteroatoms. The molecule has 0 bridgehead atoms. The molecule has 156 valence electrons. The fraction of sp³-hybridized carbons (Fsp3) is 0.350. The zero-order valence-electron chi connectivity index (χ0n) is 16.5. The maximum absolute atomic E-state index is 13.0. The van der Waals surface area contributed by atoms with Crippen LogP contribution in [0.5, 0.6) is 11.5 Å². The minimum absolute atomic E-state index is 0.0518. The highest BCUT2D eigenvalue weighted by molar-refractivity contribution is 8.00. The molecule has 0 saturated heterocycles. The van der Waals surface area contributed by atoms with Gasteiger partial charge in [-0.05, 0) is 44.2 Å². The summed E-state index contributed by atoms with van der Waals surface area (Å²) in [5.41, 5.74) is 0.792. The summed E-state index contributed by atoms with van der Waals surface area (Å²) >= 11 is 1.54. The second kappa shape index (κ2) is 8.96. The van der Waals surface area contributed by atoms with Gasteiger partial charge in [0.25, 0.3) is 10.0 Å². The lowest BCUT2D eigenvalue weighted by molar-refractivity contribution is -0.116. The molecule has 0 unspecified atom stereocenters. The predicted molar refractivity (Wildman–Crippen MR) is 115 cm³/mol. The van der Waals surface area contributed by atoms with E-state index >= 15 is 0 Å². The third-order valence-corrected chi connectivity index (χ3v) is 6.68. The Balaban J connectivity index is 1.94. The summed E-state index contributed by atoms with van der Waals surface area (Å²) in [5, 5.41) is 2.91. The molecule has 29 heavy (non-hydrogen) atoms. The molecule has 2 aromatic carbocycles. The van der Waals surface area contributed by atoms with Gasteiger partial charge in [-0.2, -0.15) is 0 Å². The number of anilines is 2. The number of benzene rings is 2. The summed E-state index contributed by atoms with van der Waals surface area (Å²) in [5.74, 6) is 0.814. The van der Waals surface area contributed by atoms with Crippen molar-refractivity contribution in [2.24, 2.45) is 0 Å². The Morgan fingerprint density at radius 3 is 2.62 bits per heavy atom. The van der Waals surface area contributed by atoms with Gasteiger partial charge in [-0.1, -0.05) is 6.92 Å². The van der Waals surface area contributed by atoms with Gasteiger partial charge in [0.05, 0.1) is 29.5 Å². The second-order valence-electron chi connectivity index (χ2n) is 6.47. The number of carbonyl (C=O) groups excluding carboxylic acids is 1. The van der Waals surface area contributed by atoms with Gasteiger partial charge in [0.2, 0.25) is 5.91 Å². The van der Waals surface area contributed by atoms with Gasteiger partial charge in [0, 0.05) is 22.6 Å². The van der Waals surface area contributed by atoms with Crippen LogP contribution in [0.15, 0.2) is 46.2 Å². The van der Waals surface area contributed by atoms with E-state index in [0.29, 0.717) is 42.5 Å². The predicted octanol–water partition coefficient (Wildman–Crippen LogP) is 4.11. The van der Waals surface area contributed by atoms with E-state index in [2.05, 4.69) is 10.0 Å². The summed E-state index contributed by atoms with van der Waals surface area (Å²) in [6.07, 6.45) is 0.377. The minimum atomic E-state index is -3.91. The maximum atomic E-state index is 13.0. The van der Waals surface area contributed by atoms with Crippen LogP contribution in [0.25, 0.3) is 0 Å². The van der Waals surface area contributed by atoms with Crippen LogP contribution in [0, 0.1) is 0 Å². The van der Waals surface area contributed by atoms with Crippen molar-refractivity contribution in [2.45, 2.75) is 42.2 Å². The van der Waals surface area contributed by atoms with E-state index in [0.717, 1.165) is 4.90 Å². The third-order valence-electron chi connectivity index (χ3n) is 4.14.